The van der Waals surface area contributed by atoms with Gasteiger partial charge < -0.3 is 4.55 Å². The number of halogens is 3. The van der Waals surface area contributed by atoms with Crippen LogP contribution in [0, 0.1) is 23.0 Å². The molecule has 0 saturated carbocycles. The van der Waals surface area contributed by atoms with Gasteiger partial charge in [0.15, 0.2) is 23.1 Å². The summed E-state index contributed by atoms with van der Waals surface area (Å²) in [5.74, 6) is -3.49. The molecule has 0 aliphatic heterocycles. The van der Waals surface area contributed by atoms with Crippen LogP contribution in [0.25, 0.3) is 11.0 Å². The Morgan fingerprint density at radius 2 is 2.07 bits per heavy atom. The maximum Gasteiger partial charge on any atom is 0.197 e. The van der Waals surface area contributed by atoms with E-state index >= 15 is 0 Å². The fraction of sp³-hybridized carbons (Fsp3) is 0.158. The van der Waals surface area contributed by atoms with Gasteiger partial charge >= 0.3 is 0 Å². The molecule has 0 saturated heterocycles. The lowest BCUT2D eigenvalue weighted by molar-refractivity contribution is 0.103. The highest BCUT2D eigenvalue weighted by molar-refractivity contribution is 7.77. The molecule has 7 nitrogen and oxygen atoms in total. The van der Waals surface area contributed by atoms with Crippen molar-refractivity contribution in [3.8, 4) is 6.07 Å². The van der Waals surface area contributed by atoms with Crippen molar-refractivity contribution in [2.24, 2.45) is 0 Å². The predicted molar refractivity (Wildman–Crippen MR) is 104 cm³/mol. The van der Waals surface area contributed by atoms with E-state index in [1.807, 2.05) is 6.07 Å². The normalized spacial score (nSPS) is 12.0. The van der Waals surface area contributed by atoms with Gasteiger partial charge in [0.05, 0.1) is 27.8 Å². The number of hydrogen-bond donors (Lipinski definition) is 1. The highest BCUT2D eigenvalue weighted by Gasteiger charge is 2.24. The van der Waals surface area contributed by atoms with Crippen LogP contribution in [0.15, 0.2) is 30.5 Å². The maximum absolute atomic E-state index is 14.5. The molecule has 0 radical (unpaired) electrons. The molecule has 1 aromatic heterocycles. The van der Waals surface area contributed by atoms with Crippen molar-refractivity contribution in [1.82, 2.24) is 14.7 Å². The Bertz CT molecular complexity index is 1220. The van der Waals surface area contributed by atoms with Gasteiger partial charge in [-0.2, -0.15) is 5.26 Å². The average molecular weight is 450 g/mol. The molecule has 0 bridgehead atoms. The molecule has 1 heterocycles. The van der Waals surface area contributed by atoms with E-state index in [9.17, 15) is 22.3 Å². The Kier molecular flexibility index (Phi) is 6.79. The topological polar surface area (TPSA) is 119 Å². The fourth-order valence-electron chi connectivity index (χ4n) is 2.82. The lowest BCUT2D eigenvalue weighted by Gasteiger charge is -2.12. The van der Waals surface area contributed by atoms with E-state index in [-0.39, 0.29) is 46.7 Å². The van der Waals surface area contributed by atoms with Crippen LogP contribution in [0.4, 0.5) is 8.78 Å². The van der Waals surface area contributed by atoms with Crippen LogP contribution < -0.4 is 4.72 Å². The van der Waals surface area contributed by atoms with Crippen molar-refractivity contribution < 1.29 is 22.3 Å². The van der Waals surface area contributed by atoms with Crippen LogP contribution >= 0.6 is 11.6 Å². The van der Waals surface area contributed by atoms with E-state index < -0.39 is 34.2 Å². The molecule has 0 fully saturated rings. The molecule has 30 heavy (non-hydrogen) atoms. The third-order valence-electron chi connectivity index (χ3n) is 4.22. The van der Waals surface area contributed by atoms with Gasteiger partial charge in [-0.05, 0) is 42.7 Å². The first kappa shape index (κ1) is 21.9. The summed E-state index contributed by atoms with van der Waals surface area (Å²) < 4.78 is 51.7. The number of carbonyl (C=O) groups is 1. The number of nitrogens with zero attached hydrogens (tertiary/aromatic N) is 3. The number of rotatable bonds is 7. The molecule has 0 aliphatic rings. The number of hydrogen-bond acceptors (Lipinski definition) is 6. The zero-order valence-corrected chi connectivity index (χ0v) is 16.7. The van der Waals surface area contributed by atoms with E-state index in [0.717, 1.165) is 6.07 Å². The fourth-order valence-corrected chi connectivity index (χ4v) is 3.45. The van der Waals surface area contributed by atoms with Crippen molar-refractivity contribution in [2.45, 2.75) is 12.8 Å². The van der Waals surface area contributed by atoms with Crippen LogP contribution in [0.2, 0.25) is 5.02 Å². The maximum atomic E-state index is 14.5. The van der Waals surface area contributed by atoms with Gasteiger partial charge in [0.1, 0.15) is 6.07 Å². The third-order valence-corrected chi connectivity index (χ3v) is 5.09. The molecule has 154 valence electrons. The summed E-state index contributed by atoms with van der Waals surface area (Å²) in [5.41, 5.74) is 0.232. The van der Waals surface area contributed by atoms with Crippen LogP contribution in [-0.2, 0) is 17.7 Å². The number of nitrogens with one attached hydrogen (secondary N) is 1. The number of fused-ring (bicyclic) bond motifs is 1. The minimum atomic E-state index is -2.44. The Balaban J connectivity index is 1.97. The predicted octanol–water partition coefficient (Wildman–Crippen LogP) is 2.98. The molecule has 2 aromatic carbocycles. The van der Waals surface area contributed by atoms with Crippen LogP contribution in [0.3, 0.4) is 0 Å². The summed E-state index contributed by atoms with van der Waals surface area (Å²) in [6, 6.07) is 6.88. The van der Waals surface area contributed by atoms with Crippen molar-refractivity contribution in [3.63, 3.8) is 0 Å². The monoisotopic (exact) mass is 449 g/mol. The van der Waals surface area contributed by atoms with Gasteiger partial charge in [0.25, 0.3) is 0 Å². The Morgan fingerprint density at radius 3 is 2.77 bits per heavy atom. The summed E-state index contributed by atoms with van der Waals surface area (Å²) in [6.07, 6.45) is 1.65. The third kappa shape index (κ3) is 4.66. The second kappa shape index (κ2) is 9.32. The smallest absolute Gasteiger partial charge is 0.197 e. The highest BCUT2D eigenvalue weighted by atomic mass is 35.5. The Morgan fingerprint density at radius 1 is 1.30 bits per heavy atom. The summed E-state index contributed by atoms with van der Waals surface area (Å²) in [5, 5.41) is 8.69. The molecule has 1 atom stereocenters. The quantitative estimate of drug-likeness (QED) is 0.256. The lowest BCUT2D eigenvalue weighted by atomic mass is 9.98. The minimum Gasteiger partial charge on any atom is -0.760 e. The van der Waals surface area contributed by atoms with Crippen LogP contribution in [-0.4, -0.2) is 31.1 Å². The van der Waals surface area contributed by atoms with Crippen molar-refractivity contribution in [1.29, 1.82) is 5.26 Å². The zero-order chi connectivity index (χ0) is 21.8. The number of ketones is 1. The van der Waals surface area contributed by atoms with Gasteiger partial charge in [-0.25, -0.2) is 18.5 Å². The van der Waals surface area contributed by atoms with Gasteiger partial charge in [0, 0.05) is 23.4 Å². The van der Waals surface area contributed by atoms with E-state index in [1.54, 1.807) is 0 Å². The largest absolute Gasteiger partial charge is 0.760 e. The Labute approximate surface area is 177 Å². The van der Waals surface area contributed by atoms with Crippen LogP contribution in [0.1, 0.15) is 33.6 Å². The standard InChI is InChI=1S/C19H13ClF2N4O3S/c20-17-10(2-1-5-25-30(28)29)6-13(21)18(22)16(17)19(27)11-3-4-14-15(7-11)26-12(8-23)9-24-14/h3-4,6-7,9,25H,1-2,5H2,(H,28,29)/p-1. The van der Waals surface area contributed by atoms with Crippen molar-refractivity contribution in [3.05, 3.63) is 69.5 Å². The lowest BCUT2D eigenvalue weighted by Crippen LogP contribution is -2.18. The Hall–Kier alpha value is -2.84. The molecule has 1 unspecified atom stereocenters. The van der Waals surface area contributed by atoms with E-state index in [2.05, 4.69) is 14.7 Å². The SMILES string of the molecule is N#Cc1cnc2ccc(C(=O)c3c(F)c(F)cc(CCCNS(=O)[O-])c3Cl)cc2n1. The molecule has 3 rings (SSSR count). The van der Waals surface area contributed by atoms with Crippen molar-refractivity contribution >= 4 is 39.7 Å². The summed E-state index contributed by atoms with van der Waals surface area (Å²) in [6.45, 7) is 0.0687. The first-order chi connectivity index (χ1) is 14.3. The van der Waals surface area contributed by atoms with Gasteiger partial charge in [-0.3, -0.25) is 14.0 Å². The number of carbonyl (C=O) groups excluding carboxylic acids is 1. The first-order valence-corrected chi connectivity index (χ1v) is 9.98. The zero-order valence-electron chi connectivity index (χ0n) is 15.1. The molecule has 11 heteroatoms. The summed E-state index contributed by atoms with van der Waals surface area (Å²) in [7, 11) is 0. The second-order valence-corrected chi connectivity index (χ2v) is 7.29. The minimum absolute atomic E-state index is 0.00680. The number of aryl methyl sites for hydroxylation is 1. The summed E-state index contributed by atoms with van der Waals surface area (Å²) in [4.78, 5) is 21.0. The van der Waals surface area contributed by atoms with Gasteiger partial charge in [0.2, 0.25) is 0 Å². The van der Waals surface area contributed by atoms with E-state index in [1.165, 1.54) is 24.4 Å². The molecular weight excluding hydrogens is 438 g/mol. The highest BCUT2D eigenvalue weighted by Crippen LogP contribution is 2.30. The molecule has 0 amide bonds. The summed E-state index contributed by atoms with van der Waals surface area (Å²) >= 11 is 3.76. The molecule has 3 aromatic rings. The molecule has 0 spiro atoms. The van der Waals surface area contributed by atoms with Gasteiger partial charge in [-0.1, -0.05) is 11.6 Å². The molecular formula is C19H12ClF2N4O3S-. The van der Waals surface area contributed by atoms with E-state index in [0.29, 0.717) is 5.52 Å². The average Bonchev–Trinajstić information content (AvgIpc) is 2.73. The molecule has 0 aliphatic carbocycles. The molecule has 1 N–H and O–H groups in total. The van der Waals surface area contributed by atoms with Crippen molar-refractivity contribution in [2.75, 3.05) is 6.54 Å². The second-order valence-electron chi connectivity index (χ2n) is 6.15. The van der Waals surface area contributed by atoms with Crippen LogP contribution in [0.5, 0.6) is 0 Å². The number of aromatic nitrogens is 2. The first-order valence-electron chi connectivity index (χ1n) is 8.52. The number of nitriles is 1. The van der Waals surface area contributed by atoms with E-state index in [4.69, 9.17) is 16.9 Å². The van der Waals surface area contributed by atoms with Gasteiger partial charge in [-0.15, -0.1) is 0 Å². The number of benzene rings is 2.